The standard InChI is InChI=1S/C20H24N8O/c1-12(2)20(3,19(22)27-18(29)13-7-26-28(4)11-13)14-5-6-15(23-8-14)16-9-25-17(21)10-24-16/h5-12H,1-4H3,(H2,21,25)(H2,22,27,29). The summed E-state index contributed by atoms with van der Waals surface area (Å²) in [6.07, 6.45) is 7.86. The van der Waals surface area contributed by atoms with Gasteiger partial charge in [0.15, 0.2) is 0 Å². The van der Waals surface area contributed by atoms with Crippen molar-refractivity contribution in [1.29, 1.82) is 0 Å². The van der Waals surface area contributed by atoms with Crippen molar-refractivity contribution in [2.75, 3.05) is 5.73 Å². The molecule has 9 heteroatoms. The molecule has 4 N–H and O–H groups in total. The van der Waals surface area contributed by atoms with E-state index in [4.69, 9.17) is 11.5 Å². The zero-order chi connectivity index (χ0) is 21.2. The lowest BCUT2D eigenvalue weighted by atomic mass is 9.73. The lowest BCUT2D eigenvalue weighted by molar-refractivity contribution is 0.100. The highest BCUT2D eigenvalue weighted by molar-refractivity contribution is 6.05. The molecule has 0 aliphatic carbocycles. The van der Waals surface area contributed by atoms with Gasteiger partial charge in [-0.05, 0) is 24.5 Å². The van der Waals surface area contributed by atoms with Gasteiger partial charge in [-0.15, -0.1) is 0 Å². The molecule has 0 spiro atoms. The molecule has 3 rings (SSSR count). The van der Waals surface area contributed by atoms with Crippen LogP contribution in [0.3, 0.4) is 0 Å². The van der Waals surface area contributed by atoms with Gasteiger partial charge >= 0.3 is 0 Å². The molecular formula is C20H24N8O. The van der Waals surface area contributed by atoms with Crippen LogP contribution in [0.25, 0.3) is 11.4 Å². The van der Waals surface area contributed by atoms with Gasteiger partial charge in [0.25, 0.3) is 5.91 Å². The molecule has 3 aromatic rings. The molecule has 0 bridgehead atoms. The molecule has 9 nitrogen and oxygen atoms in total. The molecule has 0 fully saturated rings. The van der Waals surface area contributed by atoms with Crippen molar-refractivity contribution in [3.05, 3.63) is 54.2 Å². The SMILES string of the molecule is CC(C)C(C)(C(N)=NC(=O)c1cnn(C)c1)c1ccc(-c2cnc(N)cn2)nc1. The van der Waals surface area contributed by atoms with Gasteiger partial charge < -0.3 is 11.5 Å². The Morgan fingerprint density at radius 3 is 2.34 bits per heavy atom. The number of rotatable bonds is 5. The molecule has 0 aliphatic rings. The van der Waals surface area contributed by atoms with Gasteiger partial charge in [0.05, 0.1) is 35.3 Å². The summed E-state index contributed by atoms with van der Waals surface area (Å²) in [6, 6.07) is 3.75. The Bertz CT molecular complexity index is 1040. The third-order valence-corrected chi connectivity index (χ3v) is 5.16. The smallest absolute Gasteiger partial charge is 0.281 e. The van der Waals surface area contributed by atoms with E-state index in [2.05, 4.69) is 25.0 Å². The van der Waals surface area contributed by atoms with Crippen molar-refractivity contribution in [3.63, 3.8) is 0 Å². The molecule has 1 amide bonds. The highest BCUT2D eigenvalue weighted by Crippen LogP contribution is 2.33. The summed E-state index contributed by atoms with van der Waals surface area (Å²) < 4.78 is 1.54. The van der Waals surface area contributed by atoms with E-state index in [1.54, 1.807) is 30.3 Å². The fourth-order valence-electron chi connectivity index (χ4n) is 2.92. The molecule has 0 saturated carbocycles. The average Bonchev–Trinajstić information content (AvgIpc) is 3.14. The molecule has 29 heavy (non-hydrogen) atoms. The summed E-state index contributed by atoms with van der Waals surface area (Å²) in [4.78, 5) is 29.4. The number of aryl methyl sites for hydroxylation is 1. The molecule has 0 saturated heterocycles. The summed E-state index contributed by atoms with van der Waals surface area (Å²) in [5.74, 6) is 0.212. The van der Waals surface area contributed by atoms with Crippen LogP contribution >= 0.6 is 0 Å². The third kappa shape index (κ3) is 3.98. The highest BCUT2D eigenvalue weighted by Gasteiger charge is 2.36. The van der Waals surface area contributed by atoms with E-state index in [1.807, 2.05) is 32.9 Å². The number of nitrogens with two attached hydrogens (primary N) is 2. The molecule has 150 valence electrons. The normalized spacial score (nSPS) is 14.0. The van der Waals surface area contributed by atoms with E-state index in [9.17, 15) is 4.79 Å². The second-order valence-electron chi connectivity index (χ2n) is 7.32. The van der Waals surface area contributed by atoms with E-state index < -0.39 is 11.3 Å². The Labute approximate surface area is 168 Å². The van der Waals surface area contributed by atoms with Crippen LogP contribution in [0.5, 0.6) is 0 Å². The van der Waals surface area contributed by atoms with E-state index in [-0.39, 0.29) is 11.8 Å². The van der Waals surface area contributed by atoms with Crippen LogP contribution in [0.4, 0.5) is 5.82 Å². The number of nitrogen functional groups attached to an aromatic ring is 1. The number of pyridine rings is 1. The second-order valence-corrected chi connectivity index (χ2v) is 7.32. The van der Waals surface area contributed by atoms with Crippen LogP contribution in [0.1, 0.15) is 36.7 Å². The van der Waals surface area contributed by atoms with Gasteiger partial charge in [-0.25, -0.2) is 9.97 Å². The van der Waals surface area contributed by atoms with Crippen LogP contribution in [-0.4, -0.2) is 36.5 Å². The topological polar surface area (TPSA) is 138 Å². The largest absolute Gasteiger partial charge is 0.386 e. The maximum absolute atomic E-state index is 12.5. The minimum atomic E-state index is -0.684. The average molecular weight is 392 g/mol. The van der Waals surface area contributed by atoms with Crippen molar-refractivity contribution in [2.45, 2.75) is 26.2 Å². The maximum Gasteiger partial charge on any atom is 0.281 e. The zero-order valence-corrected chi connectivity index (χ0v) is 16.9. The van der Waals surface area contributed by atoms with Crippen LogP contribution in [-0.2, 0) is 12.5 Å². The van der Waals surface area contributed by atoms with Crippen molar-refractivity contribution in [2.24, 2.45) is 23.7 Å². The number of carbonyl (C=O) groups is 1. The minimum Gasteiger partial charge on any atom is -0.386 e. The first-order valence-corrected chi connectivity index (χ1v) is 9.14. The molecule has 0 aliphatic heterocycles. The lowest BCUT2D eigenvalue weighted by Gasteiger charge is -2.33. The van der Waals surface area contributed by atoms with Gasteiger partial charge in [-0.1, -0.05) is 19.9 Å². The number of aromatic nitrogens is 5. The van der Waals surface area contributed by atoms with Crippen molar-refractivity contribution in [3.8, 4) is 11.4 Å². The number of hydrogen-bond acceptors (Lipinski definition) is 6. The molecule has 0 radical (unpaired) electrons. The number of amidine groups is 1. The van der Waals surface area contributed by atoms with Crippen LogP contribution in [0.15, 0.2) is 48.1 Å². The first kappa shape index (κ1) is 20.1. The molecule has 3 heterocycles. The number of hydrogen-bond donors (Lipinski definition) is 2. The third-order valence-electron chi connectivity index (χ3n) is 5.16. The maximum atomic E-state index is 12.5. The number of aliphatic imine (C=N–C) groups is 1. The Morgan fingerprint density at radius 1 is 1.10 bits per heavy atom. The molecule has 1 atom stereocenters. The number of anilines is 1. The van der Waals surface area contributed by atoms with Crippen molar-refractivity contribution in [1.82, 2.24) is 24.7 Å². The summed E-state index contributed by atoms with van der Waals surface area (Å²) in [5.41, 5.74) is 13.7. The van der Waals surface area contributed by atoms with Crippen LogP contribution in [0.2, 0.25) is 0 Å². The number of carbonyl (C=O) groups excluding carboxylic acids is 1. The summed E-state index contributed by atoms with van der Waals surface area (Å²) in [6.45, 7) is 6.00. The first-order valence-electron chi connectivity index (χ1n) is 9.14. The van der Waals surface area contributed by atoms with Gasteiger partial charge in [0.1, 0.15) is 17.3 Å². The minimum absolute atomic E-state index is 0.0666. The monoisotopic (exact) mass is 392 g/mol. The quantitative estimate of drug-likeness (QED) is 0.500. The highest BCUT2D eigenvalue weighted by atomic mass is 16.1. The van der Waals surface area contributed by atoms with Gasteiger partial charge in [0, 0.05) is 19.4 Å². The van der Waals surface area contributed by atoms with Gasteiger partial charge in [0.2, 0.25) is 0 Å². The van der Waals surface area contributed by atoms with Crippen LogP contribution < -0.4 is 11.5 Å². The van der Waals surface area contributed by atoms with Gasteiger partial charge in [-0.2, -0.15) is 10.1 Å². The predicted octanol–water partition coefficient (Wildman–Crippen LogP) is 1.97. The fourth-order valence-corrected chi connectivity index (χ4v) is 2.92. The molecule has 3 aromatic heterocycles. The van der Waals surface area contributed by atoms with Crippen molar-refractivity contribution >= 4 is 17.6 Å². The Hall–Kier alpha value is -3.62. The van der Waals surface area contributed by atoms with Crippen molar-refractivity contribution < 1.29 is 4.79 Å². The molecule has 1 unspecified atom stereocenters. The van der Waals surface area contributed by atoms with Gasteiger partial charge in [-0.3, -0.25) is 14.5 Å². The number of amides is 1. The van der Waals surface area contributed by atoms with E-state index in [0.717, 1.165) is 5.56 Å². The number of nitrogens with zero attached hydrogens (tertiary/aromatic N) is 6. The Kier molecular flexibility index (Phi) is 5.40. The zero-order valence-electron chi connectivity index (χ0n) is 16.9. The Morgan fingerprint density at radius 2 is 1.83 bits per heavy atom. The molecule has 0 aromatic carbocycles. The van der Waals surface area contributed by atoms with E-state index >= 15 is 0 Å². The summed E-state index contributed by atoms with van der Waals surface area (Å²) in [7, 11) is 1.74. The predicted molar refractivity (Wildman–Crippen MR) is 111 cm³/mol. The Balaban J connectivity index is 1.94. The summed E-state index contributed by atoms with van der Waals surface area (Å²) >= 11 is 0. The second kappa shape index (κ2) is 7.78. The van der Waals surface area contributed by atoms with E-state index in [0.29, 0.717) is 22.8 Å². The lowest BCUT2D eigenvalue weighted by Crippen LogP contribution is -2.43. The van der Waals surface area contributed by atoms with Crippen LogP contribution in [0, 0.1) is 5.92 Å². The first-order chi connectivity index (χ1) is 13.7. The van der Waals surface area contributed by atoms with E-state index in [1.165, 1.54) is 12.4 Å². The summed E-state index contributed by atoms with van der Waals surface area (Å²) in [5, 5.41) is 4.00. The molecular weight excluding hydrogens is 368 g/mol. The fraction of sp³-hybridized carbons (Fsp3) is 0.300.